The molecule has 0 saturated carbocycles. The van der Waals surface area contributed by atoms with Gasteiger partial charge in [-0.3, -0.25) is 4.79 Å². The minimum Gasteiger partial charge on any atom is -0.398 e. The van der Waals surface area contributed by atoms with Gasteiger partial charge >= 0.3 is 0 Å². The van der Waals surface area contributed by atoms with Crippen molar-refractivity contribution < 1.29 is 4.79 Å². The van der Waals surface area contributed by atoms with Crippen molar-refractivity contribution in [1.82, 2.24) is 0 Å². The fourth-order valence-corrected chi connectivity index (χ4v) is 1.68. The first-order valence-electron chi connectivity index (χ1n) is 4.84. The summed E-state index contributed by atoms with van der Waals surface area (Å²) in [4.78, 5) is 12.1. The highest BCUT2D eigenvalue weighted by Crippen LogP contribution is 2.25. The fourth-order valence-electron chi connectivity index (χ4n) is 1.47. The van der Waals surface area contributed by atoms with Gasteiger partial charge in [0.25, 0.3) is 0 Å². The van der Waals surface area contributed by atoms with Crippen LogP contribution in [0.5, 0.6) is 0 Å². The first kappa shape index (κ1) is 10.7. The lowest BCUT2D eigenvalue weighted by molar-refractivity contribution is 0.103. The Morgan fingerprint density at radius 1 is 1.00 bits per heavy atom. The van der Waals surface area contributed by atoms with Crippen LogP contribution in [0.25, 0.3) is 0 Å². The highest BCUT2D eigenvalue weighted by Gasteiger charge is 2.13. The van der Waals surface area contributed by atoms with Crippen LogP contribution in [-0.2, 0) is 0 Å². The summed E-state index contributed by atoms with van der Waals surface area (Å²) in [6.45, 7) is 0. The molecule has 80 valence electrons. The number of hydrogen-bond donors (Lipinski definition) is 1. The van der Waals surface area contributed by atoms with Gasteiger partial charge in [-0.2, -0.15) is 0 Å². The van der Waals surface area contributed by atoms with Crippen LogP contribution in [0, 0.1) is 0 Å². The van der Waals surface area contributed by atoms with Crippen molar-refractivity contribution in [3.8, 4) is 0 Å². The molecule has 0 atom stereocenters. The quantitative estimate of drug-likeness (QED) is 0.637. The van der Waals surface area contributed by atoms with Crippen molar-refractivity contribution in [3.63, 3.8) is 0 Å². The van der Waals surface area contributed by atoms with Crippen LogP contribution >= 0.6 is 11.6 Å². The van der Waals surface area contributed by atoms with Crippen molar-refractivity contribution in [2.75, 3.05) is 5.73 Å². The minimum atomic E-state index is -0.113. The number of carbonyl (C=O) groups excluding carboxylic acids is 1. The average molecular weight is 232 g/mol. The summed E-state index contributed by atoms with van der Waals surface area (Å²) in [5.41, 5.74) is 7.12. The number of halogens is 1. The van der Waals surface area contributed by atoms with Gasteiger partial charge in [-0.25, -0.2) is 0 Å². The van der Waals surface area contributed by atoms with E-state index in [2.05, 4.69) is 0 Å². The second-order valence-corrected chi connectivity index (χ2v) is 3.78. The molecule has 0 amide bonds. The Kier molecular flexibility index (Phi) is 2.93. The Balaban J connectivity index is 2.46. The maximum atomic E-state index is 12.1. The topological polar surface area (TPSA) is 43.1 Å². The maximum absolute atomic E-state index is 12.1. The third-order valence-corrected chi connectivity index (χ3v) is 2.73. The van der Waals surface area contributed by atoms with Crippen LogP contribution in [0.15, 0.2) is 48.5 Å². The first-order valence-corrected chi connectivity index (χ1v) is 5.21. The Labute approximate surface area is 98.7 Å². The normalized spacial score (nSPS) is 10.1. The number of nitrogen functional groups attached to an aromatic ring is 1. The van der Waals surface area contributed by atoms with Crippen molar-refractivity contribution in [2.24, 2.45) is 0 Å². The van der Waals surface area contributed by atoms with Gasteiger partial charge in [0.1, 0.15) is 0 Å². The third kappa shape index (κ3) is 1.92. The lowest BCUT2D eigenvalue weighted by Gasteiger charge is -2.05. The standard InChI is InChI=1S/C13H10ClNO/c14-12-10(7-4-8-11(12)15)13(16)9-5-2-1-3-6-9/h1-8H,15H2. The first-order chi connectivity index (χ1) is 7.70. The van der Waals surface area contributed by atoms with E-state index in [1.54, 1.807) is 30.3 Å². The summed E-state index contributed by atoms with van der Waals surface area (Å²) >= 11 is 5.99. The van der Waals surface area contributed by atoms with E-state index in [9.17, 15) is 4.79 Å². The van der Waals surface area contributed by atoms with Gasteiger partial charge in [0.2, 0.25) is 0 Å². The number of rotatable bonds is 2. The Hall–Kier alpha value is -1.80. The molecule has 2 aromatic rings. The molecule has 0 aliphatic carbocycles. The molecule has 2 N–H and O–H groups in total. The number of nitrogens with two attached hydrogens (primary N) is 1. The molecule has 0 unspecified atom stereocenters. The molecule has 0 radical (unpaired) electrons. The summed E-state index contributed by atoms with van der Waals surface area (Å²) in [6.07, 6.45) is 0. The summed E-state index contributed by atoms with van der Waals surface area (Å²) in [6, 6.07) is 14.1. The average Bonchev–Trinajstić information content (AvgIpc) is 2.33. The predicted molar refractivity (Wildman–Crippen MR) is 65.7 cm³/mol. The van der Waals surface area contributed by atoms with E-state index in [4.69, 9.17) is 17.3 Å². The Morgan fingerprint density at radius 2 is 1.69 bits per heavy atom. The zero-order valence-corrected chi connectivity index (χ0v) is 9.24. The van der Waals surface area contributed by atoms with Gasteiger partial charge in [0, 0.05) is 11.1 Å². The van der Waals surface area contributed by atoms with E-state index in [1.807, 2.05) is 18.2 Å². The smallest absolute Gasteiger partial charge is 0.194 e. The number of ketones is 1. The molecule has 0 heterocycles. The lowest BCUT2D eigenvalue weighted by atomic mass is 10.0. The molecule has 0 aliphatic heterocycles. The van der Waals surface area contributed by atoms with E-state index < -0.39 is 0 Å². The van der Waals surface area contributed by atoms with Crippen molar-refractivity contribution in [1.29, 1.82) is 0 Å². The Bertz CT molecular complexity index is 523. The van der Waals surface area contributed by atoms with E-state index >= 15 is 0 Å². The maximum Gasteiger partial charge on any atom is 0.194 e. The fraction of sp³-hybridized carbons (Fsp3) is 0. The van der Waals surface area contributed by atoms with E-state index in [1.165, 1.54) is 0 Å². The molecule has 0 bridgehead atoms. The number of benzene rings is 2. The van der Waals surface area contributed by atoms with Gasteiger partial charge in [-0.15, -0.1) is 0 Å². The highest BCUT2D eigenvalue weighted by molar-refractivity contribution is 6.37. The predicted octanol–water partition coefficient (Wildman–Crippen LogP) is 3.15. The van der Waals surface area contributed by atoms with E-state index in [0.29, 0.717) is 21.8 Å². The molecule has 16 heavy (non-hydrogen) atoms. The summed E-state index contributed by atoms with van der Waals surface area (Å²) in [7, 11) is 0. The number of carbonyl (C=O) groups is 1. The van der Waals surface area contributed by atoms with Gasteiger partial charge < -0.3 is 5.73 Å². The molecule has 2 rings (SSSR count). The molecule has 0 saturated heterocycles. The van der Waals surface area contributed by atoms with Gasteiger partial charge in [0.05, 0.1) is 10.7 Å². The van der Waals surface area contributed by atoms with Crippen LogP contribution in [0.1, 0.15) is 15.9 Å². The SMILES string of the molecule is Nc1cccc(C(=O)c2ccccc2)c1Cl. The van der Waals surface area contributed by atoms with Crippen LogP contribution in [0.3, 0.4) is 0 Å². The molecule has 0 aromatic heterocycles. The van der Waals surface area contributed by atoms with Crippen molar-refractivity contribution in [3.05, 3.63) is 64.7 Å². The summed E-state index contributed by atoms with van der Waals surface area (Å²) < 4.78 is 0. The third-order valence-electron chi connectivity index (χ3n) is 2.31. The zero-order chi connectivity index (χ0) is 11.5. The van der Waals surface area contributed by atoms with Crippen LogP contribution < -0.4 is 5.73 Å². The van der Waals surface area contributed by atoms with Gasteiger partial charge in [-0.1, -0.05) is 48.0 Å². The zero-order valence-electron chi connectivity index (χ0n) is 8.48. The molecule has 2 nitrogen and oxygen atoms in total. The van der Waals surface area contributed by atoms with Crippen LogP contribution in [0.2, 0.25) is 5.02 Å². The lowest BCUT2D eigenvalue weighted by Crippen LogP contribution is -2.03. The largest absolute Gasteiger partial charge is 0.398 e. The second-order valence-electron chi connectivity index (χ2n) is 3.40. The summed E-state index contributed by atoms with van der Waals surface area (Å²) in [5.74, 6) is -0.113. The molecular formula is C13H10ClNO. The molecule has 0 aliphatic rings. The highest BCUT2D eigenvalue weighted by atomic mass is 35.5. The van der Waals surface area contributed by atoms with Gasteiger partial charge in [-0.05, 0) is 12.1 Å². The van der Waals surface area contributed by atoms with Gasteiger partial charge in [0.15, 0.2) is 5.78 Å². The van der Waals surface area contributed by atoms with E-state index in [0.717, 1.165) is 0 Å². The Morgan fingerprint density at radius 3 is 2.38 bits per heavy atom. The van der Waals surface area contributed by atoms with E-state index in [-0.39, 0.29) is 5.78 Å². The molecular weight excluding hydrogens is 222 g/mol. The molecule has 2 aromatic carbocycles. The minimum absolute atomic E-state index is 0.113. The van der Waals surface area contributed by atoms with Crippen molar-refractivity contribution in [2.45, 2.75) is 0 Å². The van der Waals surface area contributed by atoms with Crippen LogP contribution in [-0.4, -0.2) is 5.78 Å². The number of hydrogen-bond acceptors (Lipinski definition) is 2. The number of anilines is 1. The second kappa shape index (κ2) is 4.37. The molecule has 3 heteroatoms. The molecule has 0 fully saturated rings. The molecule has 0 spiro atoms. The monoisotopic (exact) mass is 231 g/mol. The van der Waals surface area contributed by atoms with Crippen molar-refractivity contribution >= 4 is 23.1 Å². The van der Waals surface area contributed by atoms with Crippen LogP contribution in [0.4, 0.5) is 5.69 Å². The summed E-state index contributed by atoms with van der Waals surface area (Å²) in [5, 5.41) is 0.316.